The summed E-state index contributed by atoms with van der Waals surface area (Å²) in [7, 11) is 0. The molecule has 0 saturated heterocycles. The van der Waals surface area contributed by atoms with Crippen molar-refractivity contribution in [3.8, 4) is 0 Å². The van der Waals surface area contributed by atoms with Crippen molar-refractivity contribution in [2.75, 3.05) is 5.73 Å². The minimum absolute atomic E-state index is 0.198. The Bertz CT molecular complexity index is 683. The Morgan fingerprint density at radius 3 is 2.85 bits per heavy atom. The van der Waals surface area contributed by atoms with Crippen molar-refractivity contribution < 1.29 is 9.59 Å². The minimum atomic E-state index is -0.299. The van der Waals surface area contributed by atoms with E-state index in [2.05, 4.69) is 4.98 Å². The highest BCUT2D eigenvalue weighted by Crippen LogP contribution is 2.23. The van der Waals surface area contributed by atoms with E-state index in [-0.39, 0.29) is 24.8 Å². The molecule has 0 atom stereocenters. The molecule has 2 heterocycles. The molecule has 1 aliphatic rings. The van der Waals surface area contributed by atoms with Gasteiger partial charge in [-0.15, -0.1) is 0 Å². The molecule has 2 amide bonds. The summed E-state index contributed by atoms with van der Waals surface area (Å²) in [5.41, 5.74) is 8.29. The van der Waals surface area contributed by atoms with Crippen molar-refractivity contribution in [3.05, 3.63) is 59.4 Å². The number of anilines is 1. The van der Waals surface area contributed by atoms with E-state index in [0.717, 1.165) is 11.1 Å². The molecule has 5 nitrogen and oxygen atoms in total. The normalized spacial score (nSPS) is 14.3. The largest absolute Gasteiger partial charge is 0.399 e. The maximum absolute atomic E-state index is 12.4. The first-order valence-corrected chi connectivity index (χ1v) is 6.27. The highest BCUT2D eigenvalue weighted by molar-refractivity contribution is 6.10. The summed E-state index contributed by atoms with van der Waals surface area (Å²) in [5.74, 6) is -0.497. The third-order valence-corrected chi connectivity index (χ3v) is 3.32. The number of hydrogen-bond acceptors (Lipinski definition) is 4. The number of aromatic nitrogens is 1. The first kappa shape index (κ1) is 12.3. The average molecular weight is 267 g/mol. The highest BCUT2D eigenvalue weighted by atomic mass is 16.2. The van der Waals surface area contributed by atoms with Gasteiger partial charge in [0.05, 0.1) is 13.0 Å². The predicted molar refractivity (Wildman–Crippen MR) is 73.7 cm³/mol. The molecule has 100 valence electrons. The van der Waals surface area contributed by atoms with E-state index < -0.39 is 0 Å². The quantitative estimate of drug-likeness (QED) is 0.659. The van der Waals surface area contributed by atoms with Crippen LogP contribution in [0.1, 0.15) is 21.5 Å². The third kappa shape index (κ3) is 2.14. The van der Waals surface area contributed by atoms with Crippen LogP contribution >= 0.6 is 0 Å². The molecule has 1 aliphatic heterocycles. The molecule has 1 aromatic carbocycles. The van der Waals surface area contributed by atoms with Gasteiger partial charge in [0.2, 0.25) is 5.91 Å². The van der Waals surface area contributed by atoms with E-state index >= 15 is 0 Å². The fourth-order valence-corrected chi connectivity index (χ4v) is 2.30. The van der Waals surface area contributed by atoms with Crippen molar-refractivity contribution in [3.63, 3.8) is 0 Å². The zero-order valence-corrected chi connectivity index (χ0v) is 10.7. The lowest BCUT2D eigenvalue weighted by molar-refractivity contribution is -0.128. The molecule has 0 unspecified atom stereocenters. The number of rotatable bonds is 2. The Morgan fingerprint density at radius 2 is 2.10 bits per heavy atom. The summed E-state index contributed by atoms with van der Waals surface area (Å²) < 4.78 is 0. The lowest BCUT2D eigenvalue weighted by Gasteiger charge is -2.27. The van der Waals surface area contributed by atoms with Gasteiger partial charge >= 0.3 is 0 Å². The van der Waals surface area contributed by atoms with Crippen molar-refractivity contribution in [1.29, 1.82) is 0 Å². The summed E-state index contributed by atoms with van der Waals surface area (Å²) in [6.45, 7) is 0.236. The summed E-state index contributed by atoms with van der Waals surface area (Å²) in [6.07, 6.45) is 3.52. The number of nitrogens with zero attached hydrogens (tertiary/aromatic N) is 2. The number of benzene rings is 1. The number of imide groups is 1. The van der Waals surface area contributed by atoms with Crippen molar-refractivity contribution in [2.24, 2.45) is 0 Å². The smallest absolute Gasteiger partial charge is 0.261 e. The van der Waals surface area contributed by atoms with Gasteiger partial charge in [-0.1, -0.05) is 12.1 Å². The molecule has 2 N–H and O–H groups in total. The summed E-state index contributed by atoms with van der Waals surface area (Å²) in [5, 5.41) is 0. The van der Waals surface area contributed by atoms with Gasteiger partial charge in [0.1, 0.15) is 0 Å². The van der Waals surface area contributed by atoms with Crippen LogP contribution in [0, 0.1) is 0 Å². The zero-order chi connectivity index (χ0) is 14.1. The second kappa shape index (κ2) is 4.77. The van der Waals surface area contributed by atoms with Gasteiger partial charge < -0.3 is 5.73 Å². The first-order valence-electron chi connectivity index (χ1n) is 6.27. The molecule has 0 spiro atoms. The van der Waals surface area contributed by atoms with Crippen LogP contribution in [-0.2, 0) is 17.8 Å². The number of fused-ring (bicyclic) bond motifs is 1. The van der Waals surface area contributed by atoms with Crippen molar-refractivity contribution >= 4 is 17.5 Å². The molecule has 5 heteroatoms. The summed E-state index contributed by atoms with van der Waals surface area (Å²) in [4.78, 5) is 29.8. The molecule has 3 rings (SSSR count). The van der Waals surface area contributed by atoms with E-state index in [9.17, 15) is 9.59 Å². The van der Waals surface area contributed by atoms with Gasteiger partial charge in [-0.05, 0) is 29.3 Å². The number of carbonyl (C=O) groups is 2. The van der Waals surface area contributed by atoms with Crippen LogP contribution in [0.4, 0.5) is 5.69 Å². The van der Waals surface area contributed by atoms with Gasteiger partial charge in [0, 0.05) is 23.6 Å². The highest BCUT2D eigenvalue weighted by Gasteiger charge is 2.30. The molecule has 20 heavy (non-hydrogen) atoms. The van der Waals surface area contributed by atoms with Crippen LogP contribution in [0.25, 0.3) is 0 Å². The molecule has 0 fully saturated rings. The van der Waals surface area contributed by atoms with Gasteiger partial charge in [0.15, 0.2) is 0 Å². The number of amides is 2. The molecule has 0 bridgehead atoms. The van der Waals surface area contributed by atoms with E-state index in [1.54, 1.807) is 36.7 Å². The number of nitrogens with two attached hydrogens (primary N) is 1. The van der Waals surface area contributed by atoms with Crippen LogP contribution in [0.3, 0.4) is 0 Å². The van der Waals surface area contributed by atoms with Crippen molar-refractivity contribution in [2.45, 2.75) is 13.0 Å². The number of nitrogen functional groups attached to an aromatic ring is 1. The van der Waals surface area contributed by atoms with Gasteiger partial charge in [0.25, 0.3) is 5.91 Å². The van der Waals surface area contributed by atoms with Crippen LogP contribution < -0.4 is 5.73 Å². The molecule has 2 aromatic rings. The molecule has 0 radical (unpaired) electrons. The van der Waals surface area contributed by atoms with Gasteiger partial charge in [-0.3, -0.25) is 19.5 Å². The first-order chi connectivity index (χ1) is 9.65. The summed E-state index contributed by atoms with van der Waals surface area (Å²) in [6, 6.07) is 8.68. The number of hydrogen-bond donors (Lipinski definition) is 1. The Kier molecular flexibility index (Phi) is 2.95. The number of pyridine rings is 1. The van der Waals surface area contributed by atoms with Crippen molar-refractivity contribution in [1.82, 2.24) is 9.88 Å². The van der Waals surface area contributed by atoms with E-state index in [4.69, 9.17) is 5.73 Å². The fraction of sp³-hybridized carbons (Fsp3) is 0.133. The zero-order valence-electron chi connectivity index (χ0n) is 10.7. The van der Waals surface area contributed by atoms with E-state index in [1.165, 1.54) is 4.90 Å². The predicted octanol–water partition coefficient (Wildman–Crippen LogP) is 1.39. The van der Waals surface area contributed by atoms with Crippen LogP contribution in [0.5, 0.6) is 0 Å². The van der Waals surface area contributed by atoms with Gasteiger partial charge in [-0.25, -0.2) is 0 Å². The fourth-order valence-electron chi connectivity index (χ4n) is 2.30. The molecule has 0 aliphatic carbocycles. The van der Waals surface area contributed by atoms with Gasteiger partial charge in [-0.2, -0.15) is 0 Å². The van der Waals surface area contributed by atoms with Crippen LogP contribution in [0.2, 0.25) is 0 Å². The van der Waals surface area contributed by atoms with Crippen LogP contribution in [-0.4, -0.2) is 21.7 Å². The Balaban J connectivity index is 1.94. The second-order valence-corrected chi connectivity index (χ2v) is 4.74. The topological polar surface area (TPSA) is 76.3 Å². The Hall–Kier alpha value is -2.69. The molecular formula is C15H13N3O2. The Morgan fingerprint density at radius 1 is 1.25 bits per heavy atom. The number of carbonyl (C=O) groups excluding carboxylic acids is 2. The third-order valence-electron chi connectivity index (χ3n) is 3.32. The van der Waals surface area contributed by atoms with Crippen LogP contribution in [0.15, 0.2) is 42.7 Å². The molecule has 0 saturated carbocycles. The second-order valence-electron chi connectivity index (χ2n) is 4.74. The summed E-state index contributed by atoms with van der Waals surface area (Å²) >= 11 is 0. The Labute approximate surface area is 116 Å². The monoisotopic (exact) mass is 267 g/mol. The average Bonchev–Trinajstić information content (AvgIpc) is 2.46. The standard InChI is InChI=1S/C15H13N3O2/c16-12-4-3-11-6-14(19)18(15(20)13(11)7-12)9-10-2-1-5-17-8-10/h1-5,7-8H,6,9,16H2. The maximum atomic E-state index is 12.4. The van der Waals surface area contributed by atoms with E-state index in [0.29, 0.717) is 11.3 Å². The lowest BCUT2D eigenvalue weighted by Crippen LogP contribution is -2.41. The molecular weight excluding hydrogens is 254 g/mol. The SMILES string of the molecule is Nc1ccc2c(c1)C(=O)N(Cc1cccnc1)C(=O)C2. The molecule has 1 aromatic heterocycles. The maximum Gasteiger partial charge on any atom is 0.261 e. The minimum Gasteiger partial charge on any atom is -0.399 e. The lowest BCUT2D eigenvalue weighted by atomic mass is 9.97. The van der Waals surface area contributed by atoms with E-state index in [1.807, 2.05) is 6.07 Å².